The Balaban J connectivity index is 1.36. The molecule has 1 amide bonds. The second kappa shape index (κ2) is 8.27. The number of piperazine rings is 1. The molecule has 150 valence electrons. The van der Waals surface area contributed by atoms with Crippen LogP contribution in [0.4, 0.5) is 5.69 Å². The molecule has 0 bridgehead atoms. The topological polar surface area (TPSA) is 51.8 Å². The number of para-hydroxylation sites is 2. The standard InChI is InChI=1S/C22H30N4O2/c1-17-14-19(23-15-17)22(27)26-9-5-6-18(16-26)24-10-12-25(13-11-24)20-7-3-4-8-21(20)28-2/h3-4,7-8,14-15,18,23H,5-6,9-13,16H2,1-2H3. The van der Waals surface area contributed by atoms with Crippen LogP contribution in [0.2, 0.25) is 0 Å². The highest BCUT2D eigenvalue weighted by Gasteiger charge is 2.31. The third-order valence-corrected chi connectivity index (χ3v) is 6.00. The summed E-state index contributed by atoms with van der Waals surface area (Å²) in [7, 11) is 1.73. The highest BCUT2D eigenvalue weighted by atomic mass is 16.5. The molecular weight excluding hydrogens is 352 g/mol. The number of anilines is 1. The number of piperidine rings is 1. The number of aryl methyl sites for hydroxylation is 1. The van der Waals surface area contributed by atoms with Crippen molar-refractivity contribution in [3.8, 4) is 5.75 Å². The smallest absolute Gasteiger partial charge is 0.270 e. The number of nitrogens with one attached hydrogen (secondary N) is 1. The molecule has 2 aliphatic rings. The molecule has 1 atom stereocenters. The van der Waals surface area contributed by atoms with Crippen molar-refractivity contribution in [3.63, 3.8) is 0 Å². The normalized spacial score (nSPS) is 21.0. The molecule has 0 aliphatic carbocycles. The van der Waals surface area contributed by atoms with Gasteiger partial charge in [-0.2, -0.15) is 0 Å². The average Bonchev–Trinajstić information content (AvgIpc) is 3.19. The maximum absolute atomic E-state index is 12.8. The van der Waals surface area contributed by atoms with Crippen molar-refractivity contribution in [2.45, 2.75) is 25.8 Å². The lowest BCUT2D eigenvalue weighted by molar-refractivity contribution is 0.0558. The van der Waals surface area contributed by atoms with Gasteiger partial charge in [0.2, 0.25) is 0 Å². The molecule has 4 rings (SSSR count). The van der Waals surface area contributed by atoms with Crippen LogP contribution in [0, 0.1) is 6.92 Å². The number of methoxy groups -OCH3 is 1. The first-order chi connectivity index (χ1) is 13.7. The van der Waals surface area contributed by atoms with E-state index in [4.69, 9.17) is 4.74 Å². The number of hydrogen-bond donors (Lipinski definition) is 1. The third-order valence-electron chi connectivity index (χ3n) is 6.00. The van der Waals surface area contributed by atoms with Crippen molar-refractivity contribution in [1.82, 2.24) is 14.8 Å². The van der Waals surface area contributed by atoms with E-state index < -0.39 is 0 Å². The lowest BCUT2D eigenvalue weighted by Crippen LogP contribution is -2.56. The van der Waals surface area contributed by atoms with E-state index in [1.807, 2.05) is 36.2 Å². The molecule has 0 saturated carbocycles. The fraction of sp³-hybridized carbons (Fsp3) is 0.500. The zero-order chi connectivity index (χ0) is 19.5. The molecule has 1 unspecified atom stereocenters. The van der Waals surface area contributed by atoms with Crippen molar-refractivity contribution in [2.24, 2.45) is 0 Å². The van der Waals surface area contributed by atoms with E-state index in [1.54, 1.807) is 7.11 Å². The number of aromatic nitrogens is 1. The van der Waals surface area contributed by atoms with Gasteiger partial charge >= 0.3 is 0 Å². The van der Waals surface area contributed by atoms with E-state index in [9.17, 15) is 4.79 Å². The lowest BCUT2D eigenvalue weighted by Gasteiger charge is -2.44. The Morgan fingerprint density at radius 1 is 1.14 bits per heavy atom. The SMILES string of the molecule is COc1ccccc1N1CCN(C2CCCN(C(=O)c3cc(C)c[nH]3)C2)CC1. The summed E-state index contributed by atoms with van der Waals surface area (Å²) in [5.41, 5.74) is 2.98. The fourth-order valence-electron chi connectivity index (χ4n) is 4.45. The predicted octanol–water partition coefficient (Wildman–Crippen LogP) is 2.76. The van der Waals surface area contributed by atoms with Gasteiger partial charge in [-0.05, 0) is 43.5 Å². The van der Waals surface area contributed by atoms with Crippen LogP contribution in [0.5, 0.6) is 5.75 Å². The maximum atomic E-state index is 12.8. The number of nitrogens with zero attached hydrogens (tertiary/aromatic N) is 3. The predicted molar refractivity (Wildman–Crippen MR) is 111 cm³/mol. The Kier molecular flexibility index (Phi) is 5.57. The highest BCUT2D eigenvalue weighted by Crippen LogP contribution is 2.29. The number of rotatable bonds is 4. The minimum atomic E-state index is 0.130. The Bertz CT molecular complexity index is 810. The fourth-order valence-corrected chi connectivity index (χ4v) is 4.45. The van der Waals surface area contributed by atoms with Gasteiger partial charge in [0.1, 0.15) is 11.4 Å². The number of aromatic amines is 1. The van der Waals surface area contributed by atoms with Crippen molar-refractivity contribution in [1.29, 1.82) is 0 Å². The number of hydrogen-bond acceptors (Lipinski definition) is 4. The van der Waals surface area contributed by atoms with E-state index in [0.717, 1.165) is 57.0 Å². The molecule has 6 heteroatoms. The van der Waals surface area contributed by atoms with E-state index >= 15 is 0 Å². The van der Waals surface area contributed by atoms with Crippen molar-refractivity contribution in [3.05, 3.63) is 47.8 Å². The molecule has 6 nitrogen and oxygen atoms in total. The number of H-pyrrole nitrogens is 1. The average molecular weight is 383 g/mol. The van der Waals surface area contributed by atoms with Crippen LogP contribution in [0.25, 0.3) is 0 Å². The zero-order valence-electron chi connectivity index (χ0n) is 16.9. The second-order valence-corrected chi connectivity index (χ2v) is 7.83. The number of carbonyl (C=O) groups excluding carboxylic acids is 1. The molecule has 2 saturated heterocycles. The summed E-state index contributed by atoms with van der Waals surface area (Å²) in [5, 5.41) is 0. The van der Waals surface area contributed by atoms with E-state index in [0.29, 0.717) is 11.7 Å². The molecule has 2 aliphatic heterocycles. The van der Waals surface area contributed by atoms with Gasteiger partial charge in [0, 0.05) is 51.5 Å². The number of amides is 1. The van der Waals surface area contributed by atoms with Gasteiger partial charge < -0.3 is 19.5 Å². The van der Waals surface area contributed by atoms with Crippen LogP contribution < -0.4 is 9.64 Å². The lowest BCUT2D eigenvalue weighted by atomic mass is 10.0. The van der Waals surface area contributed by atoms with Gasteiger partial charge in [0.25, 0.3) is 5.91 Å². The first-order valence-corrected chi connectivity index (χ1v) is 10.2. The van der Waals surface area contributed by atoms with Crippen LogP contribution in [-0.4, -0.2) is 73.1 Å². The van der Waals surface area contributed by atoms with E-state index in [1.165, 1.54) is 12.1 Å². The summed E-state index contributed by atoms with van der Waals surface area (Å²) >= 11 is 0. The Hall–Kier alpha value is -2.47. The minimum Gasteiger partial charge on any atom is -0.495 e. The van der Waals surface area contributed by atoms with Crippen LogP contribution in [0.1, 0.15) is 28.9 Å². The summed E-state index contributed by atoms with van der Waals surface area (Å²) < 4.78 is 5.52. The molecule has 1 N–H and O–H groups in total. The van der Waals surface area contributed by atoms with Crippen LogP contribution in [0.15, 0.2) is 36.5 Å². The molecule has 0 spiro atoms. The van der Waals surface area contributed by atoms with Crippen LogP contribution in [0.3, 0.4) is 0 Å². The zero-order valence-corrected chi connectivity index (χ0v) is 16.9. The van der Waals surface area contributed by atoms with Gasteiger partial charge in [-0.15, -0.1) is 0 Å². The first-order valence-electron chi connectivity index (χ1n) is 10.2. The molecule has 2 fully saturated rings. The summed E-state index contributed by atoms with van der Waals surface area (Å²) in [5.74, 6) is 1.07. The number of benzene rings is 1. The monoisotopic (exact) mass is 382 g/mol. The van der Waals surface area contributed by atoms with Crippen LogP contribution in [-0.2, 0) is 0 Å². The van der Waals surface area contributed by atoms with Gasteiger partial charge in [0.05, 0.1) is 12.8 Å². The molecule has 1 aromatic heterocycles. The first kappa shape index (κ1) is 18.9. The number of likely N-dealkylation sites (tertiary alicyclic amines) is 1. The second-order valence-electron chi connectivity index (χ2n) is 7.83. The third kappa shape index (κ3) is 3.87. The molecule has 0 radical (unpaired) electrons. The molecular formula is C22H30N4O2. The van der Waals surface area contributed by atoms with Crippen LogP contribution >= 0.6 is 0 Å². The summed E-state index contributed by atoms with van der Waals surface area (Å²) in [6.07, 6.45) is 4.14. The van der Waals surface area contributed by atoms with Crippen molar-refractivity contribution >= 4 is 11.6 Å². The minimum absolute atomic E-state index is 0.130. The largest absolute Gasteiger partial charge is 0.495 e. The Labute approximate surface area is 167 Å². The van der Waals surface area contributed by atoms with E-state index in [-0.39, 0.29) is 5.91 Å². The van der Waals surface area contributed by atoms with Crippen molar-refractivity contribution in [2.75, 3.05) is 51.3 Å². The van der Waals surface area contributed by atoms with Crippen molar-refractivity contribution < 1.29 is 9.53 Å². The quantitative estimate of drug-likeness (QED) is 0.884. The summed E-state index contributed by atoms with van der Waals surface area (Å²) in [6, 6.07) is 10.6. The van der Waals surface area contributed by atoms with E-state index in [2.05, 4.69) is 26.9 Å². The number of ether oxygens (including phenoxy) is 1. The highest BCUT2D eigenvalue weighted by molar-refractivity contribution is 5.92. The number of carbonyl (C=O) groups is 1. The summed E-state index contributed by atoms with van der Waals surface area (Å²) in [6.45, 7) is 7.70. The molecule has 3 heterocycles. The maximum Gasteiger partial charge on any atom is 0.270 e. The molecule has 2 aromatic rings. The molecule has 28 heavy (non-hydrogen) atoms. The van der Waals surface area contributed by atoms with Gasteiger partial charge in [-0.25, -0.2) is 0 Å². The van der Waals surface area contributed by atoms with Gasteiger partial charge in [-0.1, -0.05) is 12.1 Å². The Morgan fingerprint density at radius 3 is 2.64 bits per heavy atom. The molecule has 1 aromatic carbocycles. The summed E-state index contributed by atoms with van der Waals surface area (Å²) in [4.78, 5) is 22.9. The Morgan fingerprint density at radius 2 is 1.93 bits per heavy atom. The van der Waals surface area contributed by atoms with Gasteiger partial charge in [0.15, 0.2) is 0 Å². The van der Waals surface area contributed by atoms with Gasteiger partial charge in [-0.3, -0.25) is 9.69 Å².